The molecule has 0 radical (unpaired) electrons. The van der Waals surface area contributed by atoms with Crippen molar-refractivity contribution in [2.45, 2.75) is 31.6 Å². The van der Waals surface area contributed by atoms with Crippen molar-refractivity contribution in [2.24, 2.45) is 0 Å². The first-order chi connectivity index (χ1) is 10.4. The van der Waals surface area contributed by atoms with Gasteiger partial charge in [-0.2, -0.15) is 0 Å². The standard InChI is InChI=1S/C15H22N2O4S/c1-3-8-17-9-10-21-15-5-4-13(11-14(15)17)22(19,20)16-7-6-12(2)18/h4-5,11,16H,3,6-10H2,1-2H3. The van der Waals surface area contributed by atoms with E-state index in [1.165, 1.54) is 13.0 Å². The van der Waals surface area contributed by atoms with Gasteiger partial charge in [0.25, 0.3) is 0 Å². The molecule has 0 unspecified atom stereocenters. The summed E-state index contributed by atoms with van der Waals surface area (Å²) in [6.45, 7) is 5.85. The quantitative estimate of drug-likeness (QED) is 0.823. The number of fused-ring (bicyclic) bond motifs is 1. The lowest BCUT2D eigenvalue weighted by Gasteiger charge is -2.31. The highest BCUT2D eigenvalue weighted by Gasteiger charge is 2.21. The average Bonchev–Trinajstić information content (AvgIpc) is 2.47. The number of rotatable bonds is 7. The molecule has 0 spiro atoms. The molecule has 0 amide bonds. The number of ketones is 1. The SMILES string of the molecule is CCCN1CCOc2ccc(S(=O)(=O)NCCC(C)=O)cc21. The second-order valence-electron chi connectivity index (χ2n) is 5.31. The largest absolute Gasteiger partial charge is 0.490 e. The Morgan fingerprint density at radius 1 is 1.41 bits per heavy atom. The molecule has 1 N–H and O–H groups in total. The predicted octanol–water partition coefficient (Wildman–Crippen LogP) is 1.55. The van der Waals surface area contributed by atoms with Gasteiger partial charge < -0.3 is 9.64 Å². The zero-order valence-electron chi connectivity index (χ0n) is 13.0. The molecular formula is C15H22N2O4S. The van der Waals surface area contributed by atoms with Crippen LogP contribution >= 0.6 is 0 Å². The molecule has 1 aromatic rings. The first kappa shape index (κ1) is 16.8. The summed E-state index contributed by atoms with van der Waals surface area (Å²) in [6.07, 6.45) is 1.17. The fourth-order valence-electron chi connectivity index (χ4n) is 2.37. The summed E-state index contributed by atoms with van der Waals surface area (Å²) in [4.78, 5) is 13.2. The van der Waals surface area contributed by atoms with Crippen LogP contribution in [-0.2, 0) is 14.8 Å². The van der Waals surface area contributed by atoms with Crippen LogP contribution in [0.15, 0.2) is 23.1 Å². The summed E-state index contributed by atoms with van der Waals surface area (Å²) < 4.78 is 32.6. The molecule has 0 saturated heterocycles. The van der Waals surface area contributed by atoms with Crippen LogP contribution < -0.4 is 14.4 Å². The normalized spacial score (nSPS) is 14.4. The predicted molar refractivity (Wildman–Crippen MR) is 84.9 cm³/mol. The summed E-state index contributed by atoms with van der Waals surface area (Å²) in [6, 6.07) is 4.86. The zero-order chi connectivity index (χ0) is 16.2. The van der Waals surface area contributed by atoms with E-state index in [0.717, 1.165) is 25.2 Å². The zero-order valence-corrected chi connectivity index (χ0v) is 13.8. The van der Waals surface area contributed by atoms with E-state index in [1.807, 2.05) is 0 Å². The van der Waals surface area contributed by atoms with Crippen molar-refractivity contribution in [1.82, 2.24) is 4.72 Å². The first-order valence-corrected chi connectivity index (χ1v) is 8.93. The van der Waals surface area contributed by atoms with Crippen LogP contribution in [0.25, 0.3) is 0 Å². The Morgan fingerprint density at radius 2 is 2.18 bits per heavy atom. The van der Waals surface area contributed by atoms with Crippen LogP contribution in [0, 0.1) is 0 Å². The fourth-order valence-corrected chi connectivity index (χ4v) is 3.42. The summed E-state index contributed by atoms with van der Waals surface area (Å²) >= 11 is 0. The summed E-state index contributed by atoms with van der Waals surface area (Å²) in [5.41, 5.74) is 0.808. The van der Waals surface area contributed by atoms with Crippen LogP contribution in [0.5, 0.6) is 5.75 Å². The molecule has 1 aliphatic rings. The molecule has 0 atom stereocenters. The molecule has 0 fully saturated rings. The van der Waals surface area contributed by atoms with Crippen molar-refractivity contribution in [1.29, 1.82) is 0 Å². The van der Waals surface area contributed by atoms with Crippen molar-refractivity contribution in [3.05, 3.63) is 18.2 Å². The molecule has 1 aromatic carbocycles. The maximum Gasteiger partial charge on any atom is 0.240 e. The number of sulfonamides is 1. The number of nitrogens with zero attached hydrogens (tertiary/aromatic N) is 1. The molecule has 22 heavy (non-hydrogen) atoms. The van der Waals surface area contributed by atoms with Gasteiger partial charge in [0.05, 0.1) is 17.1 Å². The summed E-state index contributed by atoms with van der Waals surface area (Å²) in [5, 5.41) is 0. The van der Waals surface area contributed by atoms with Crippen molar-refractivity contribution < 1.29 is 17.9 Å². The number of benzene rings is 1. The third-order valence-corrected chi connectivity index (χ3v) is 4.92. The number of hydrogen-bond donors (Lipinski definition) is 1. The third-order valence-electron chi connectivity index (χ3n) is 3.46. The van der Waals surface area contributed by atoms with Crippen LogP contribution in [0.4, 0.5) is 5.69 Å². The highest BCUT2D eigenvalue weighted by molar-refractivity contribution is 7.89. The summed E-state index contributed by atoms with van der Waals surface area (Å²) in [7, 11) is -3.61. The molecule has 2 rings (SSSR count). The van der Waals surface area contributed by atoms with Gasteiger partial charge in [0, 0.05) is 19.5 Å². The minimum atomic E-state index is -3.61. The van der Waals surface area contributed by atoms with E-state index >= 15 is 0 Å². The minimum Gasteiger partial charge on any atom is -0.490 e. The fraction of sp³-hybridized carbons (Fsp3) is 0.533. The Kier molecular flexibility index (Phi) is 5.42. The van der Waals surface area contributed by atoms with E-state index in [2.05, 4.69) is 16.5 Å². The lowest BCUT2D eigenvalue weighted by atomic mass is 10.2. The molecule has 122 valence electrons. The van der Waals surface area contributed by atoms with Crippen LogP contribution in [-0.4, -0.2) is 40.4 Å². The van der Waals surface area contributed by atoms with Crippen molar-refractivity contribution in [2.75, 3.05) is 31.1 Å². The highest BCUT2D eigenvalue weighted by Crippen LogP contribution is 2.33. The lowest BCUT2D eigenvalue weighted by molar-refractivity contribution is -0.116. The van der Waals surface area contributed by atoms with E-state index in [0.29, 0.717) is 12.4 Å². The van der Waals surface area contributed by atoms with Gasteiger partial charge in [0.15, 0.2) is 0 Å². The maximum absolute atomic E-state index is 12.3. The second-order valence-corrected chi connectivity index (χ2v) is 7.08. The monoisotopic (exact) mass is 326 g/mol. The van der Waals surface area contributed by atoms with Crippen LogP contribution in [0.1, 0.15) is 26.7 Å². The number of carbonyl (C=O) groups excluding carboxylic acids is 1. The van der Waals surface area contributed by atoms with E-state index in [9.17, 15) is 13.2 Å². The maximum atomic E-state index is 12.3. The van der Waals surface area contributed by atoms with Gasteiger partial charge in [-0.15, -0.1) is 0 Å². The molecule has 7 heteroatoms. The van der Waals surface area contributed by atoms with E-state index in [1.54, 1.807) is 12.1 Å². The van der Waals surface area contributed by atoms with Crippen LogP contribution in [0.2, 0.25) is 0 Å². The minimum absolute atomic E-state index is 0.0457. The highest BCUT2D eigenvalue weighted by atomic mass is 32.2. The Morgan fingerprint density at radius 3 is 2.86 bits per heavy atom. The van der Waals surface area contributed by atoms with E-state index in [4.69, 9.17) is 4.74 Å². The van der Waals surface area contributed by atoms with Crippen molar-refractivity contribution in [3.8, 4) is 5.75 Å². The van der Waals surface area contributed by atoms with E-state index in [-0.39, 0.29) is 23.6 Å². The van der Waals surface area contributed by atoms with E-state index < -0.39 is 10.0 Å². The number of hydrogen-bond acceptors (Lipinski definition) is 5. The first-order valence-electron chi connectivity index (χ1n) is 7.45. The second kappa shape index (κ2) is 7.11. The third kappa shape index (κ3) is 3.98. The molecule has 0 saturated carbocycles. The van der Waals surface area contributed by atoms with Crippen molar-refractivity contribution >= 4 is 21.5 Å². The lowest BCUT2D eigenvalue weighted by Crippen LogP contribution is -2.33. The molecule has 0 aliphatic carbocycles. The molecule has 0 aromatic heterocycles. The Labute approximate surface area is 131 Å². The van der Waals surface area contributed by atoms with Gasteiger partial charge in [-0.05, 0) is 31.5 Å². The van der Waals surface area contributed by atoms with Gasteiger partial charge >= 0.3 is 0 Å². The van der Waals surface area contributed by atoms with Crippen molar-refractivity contribution in [3.63, 3.8) is 0 Å². The van der Waals surface area contributed by atoms with Gasteiger partial charge in [0.2, 0.25) is 10.0 Å². The average molecular weight is 326 g/mol. The van der Waals surface area contributed by atoms with Gasteiger partial charge in [-0.25, -0.2) is 13.1 Å². The van der Waals surface area contributed by atoms with Gasteiger partial charge in [-0.3, -0.25) is 4.79 Å². The van der Waals surface area contributed by atoms with Gasteiger partial charge in [0.1, 0.15) is 18.1 Å². The smallest absolute Gasteiger partial charge is 0.240 e. The Hall–Kier alpha value is -1.60. The number of ether oxygens (including phenoxy) is 1. The molecule has 1 heterocycles. The molecular weight excluding hydrogens is 304 g/mol. The molecule has 1 aliphatic heterocycles. The number of nitrogens with one attached hydrogen (secondary N) is 1. The molecule has 6 nitrogen and oxygen atoms in total. The number of anilines is 1. The summed E-state index contributed by atoms with van der Waals surface area (Å²) in [5.74, 6) is 0.665. The number of carbonyl (C=O) groups is 1. The topological polar surface area (TPSA) is 75.7 Å². The Bertz CT molecular complexity index is 643. The van der Waals surface area contributed by atoms with Gasteiger partial charge in [-0.1, -0.05) is 6.92 Å². The molecule has 0 bridgehead atoms. The van der Waals surface area contributed by atoms with Crippen LogP contribution in [0.3, 0.4) is 0 Å². The number of Topliss-reactive ketones (excluding diaryl/α,β-unsaturated/α-hetero) is 1. The Balaban J connectivity index is 2.21.